The first-order valence-corrected chi connectivity index (χ1v) is 6.06. The van der Waals surface area contributed by atoms with Gasteiger partial charge in [-0.05, 0) is 18.9 Å². The number of anilines is 1. The Labute approximate surface area is 99.4 Å². The van der Waals surface area contributed by atoms with Crippen LogP contribution in [-0.2, 0) is 0 Å². The zero-order valence-electron chi connectivity index (χ0n) is 9.16. The summed E-state index contributed by atoms with van der Waals surface area (Å²) in [5, 5.41) is 3.26. The average Bonchev–Trinajstić information content (AvgIpc) is 2.29. The van der Waals surface area contributed by atoms with E-state index in [-0.39, 0.29) is 0 Å². The Morgan fingerprint density at radius 3 is 3.00 bits per heavy atom. The summed E-state index contributed by atoms with van der Waals surface area (Å²) in [5.41, 5.74) is 0. The second-order valence-corrected chi connectivity index (χ2v) is 4.58. The molecule has 0 aliphatic carbocycles. The van der Waals surface area contributed by atoms with Crippen molar-refractivity contribution in [2.24, 2.45) is 0 Å². The highest BCUT2D eigenvalue weighted by molar-refractivity contribution is 9.09. The zero-order chi connectivity index (χ0) is 11.1. The van der Waals surface area contributed by atoms with E-state index in [1.807, 2.05) is 18.2 Å². The first-order valence-electron chi connectivity index (χ1n) is 5.15. The smallest absolute Gasteiger partial charge is 0.214 e. The number of aromatic nitrogens is 1. The van der Waals surface area contributed by atoms with Gasteiger partial charge < -0.3 is 10.1 Å². The number of hydrogen-bond donors (Lipinski definition) is 1. The quantitative estimate of drug-likeness (QED) is 0.809. The summed E-state index contributed by atoms with van der Waals surface area (Å²) in [5.74, 6) is 1.51. The normalized spacial score (nSPS) is 12.2. The van der Waals surface area contributed by atoms with Gasteiger partial charge in [0.15, 0.2) is 0 Å². The Kier molecular flexibility index (Phi) is 5.47. The molecule has 1 atom stereocenters. The van der Waals surface area contributed by atoms with E-state index in [2.05, 4.69) is 33.2 Å². The maximum absolute atomic E-state index is 5.04. The summed E-state index contributed by atoms with van der Waals surface area (Å²) < 4.78 is 5.04. The number of alkyl halides is 1. The van der Waals surface area contributed by atoms with Crippen LogP contribution in [0.2, 0.25) is 0 Å². The molecule has 1 aromatic heterocycles. The average molecular weight is 273 g/mol. The monoisotopic (exact) mass is 272 g/mol. The van der Waals surface area contributed by atoms with Crippen molar-refractivity contribution in [3.05, 3.63) is 18.2 Å². The van der Waals surface area contributed by atoms with Crippen LogP contribution < -0.4 is 10.1 Å². The van der Waals surface area contributed by atoms with Crippen LogP contribution in [0.25, 0.3) is 0 Å². The van der Waals surface area contributed by atoms with Crippen molar-refractivity contribution in [2.75, 3.05) is 19.0 Å². The number of rotatable bonds is 6. The lowest BCUT2D eigenvalue weighted by Crippen LogP contribution is -2.08. The lowest BCUT2D eigenvalue weighted by atomic mass is 10.2. The lowest BCUT2D eigenvalue weighted by Gasteiger charge is -2.09. The van der Waals surface area contributed by atoms with Crippen molar-refractivity contribution in [3.8, 4) is 5.88 Å². The van der Waals surface area contributed by atoms with E-state index < -0.39 is 0 Å². The number of ether oxygens (including phenoxy) is 1. The van der Waals surface area contributed by atoms with Gasteiger partial charge in [0.2, 0.25) is 5.88 Å². The predicted octanol–water partition coefficient (Wildman–Crippen LogP) is 3.07. The molecule has 0 bridgehead atoms. The highest BCUT2D eigenvalue weighted by Gasteiger charge is 2.01. The first-order chi connectivity index (χ1) is 7.26. The predicted molar refractivity (Wildman–Crippen MR) is 66.9 cm³/mol. The number of halogens is 1. The molecular formula is C11H17BrN2O. The van der Waals surface area contributed by atoms with Crippen LogP contribution in [0.4, 0.5) is 5.82 Å². The number of hydrogen-bond acceptors (Lipinski definition) is 3. The zero-order valence-corrected chi connectivity index (χ0v) is 10.8. The largest absolute Gasteiger partial charge is 0.481 e. The summed E-state index contributed by atoms with van der Waals surface area (Å²) in [4.78, 5) is 4.84. The van der Waals surface area contributed by atoms with Gasteiger partial charge in [-0.15, -0.1) is 0 Å². The Morgan fingerprint density at radius 1 is 1.53 bits per heavy atom. The molecule has 0 radical (unpaired) electrons. The summed E-state index contributed by atoms with van der Waals surface area (Å²) >= 11 is 3.59. The van der Waals surface area contributed by atoms with Gasteiger partial charge in [0.05, 0.1) is 7.11 Å². The molecule has 1 heterocycles. The molecule has 0 saturated carbocycles. The molecule has 1 rings (SSSR count). The maximum Gasteiger partial charge on any atom is 0.214 e. The van der Waals surface area contributed by atoms with Gasteiger partial charge in [0.1, 0.15) is 5.82 Å². The fourth-order valence-electron chi connectivity index (χ4n) is 1.19. The van der Waals surface area contributed by atoms with Crippen LogP contribution in [0.5, 0.6) is 5.88 Å². The molecule has 1 unspecified atom stereocenters. The number of nitrogens with one attached hydrogen (secondary N) is 1. The Balaban J connectivity index is 2.37. The van der Waals surface area contributed by atoms with E-state index in [0.717, 1.165) is 25.2 Å². The fraction of sp³-hybridized carbons (Fsp3) is 0.545. The highest BCUT2D eigenvalue weighted by atomic mass is 79.9. The van der Waals surface area contributed by atoms with E-state index in [9.17, 15) is 0 Å². The van der Waals surface area contributed by atoms with Crippen LogP contribution in [-0.4, -0.2) is 23.5 Å². The van der Waals surface area contributed by atoms with E-state index in [1.165, 1.54) is 0 Å². The highest BCUT2D eigenvalue weighted by Crippen LogP contribution is 2.12. The SMILES string of the molecule is CCC(Br)CCNc1cccc(OC)n1. The third kappa shape index (κ3) is 4.51. The van der Waals surface area contributed by atoms with Crippen molar-refractivity contribution >= 4 is 21.7 Å². The van der Waals surface area contributed by atoms with Crippen molar-refractivity contribution < 1.29 is 4.74 Å². The van der Waals surface area contributed by atoms with E-state index >= 15 is 0 Å². The number of nitrogens with zero attached hydrogens (tertiary/aromatic N) is 1. The van der Waals surface area contributed by atoms with Gasteiger partial charge in [-0.25, -0.2) is 0 Å². The molecule has 0 aliphatic heterocycles. The van der Waals surface area contributed by atoms with Gasteiger partial charge in [0.25, 0.3) is 0 Å². The first kappa shape index (κ1) is 12.3. The second-order valence-electron chi connectivity index (χ2n) is 3.29. The Bertz CT molecular complexity index is 294. The number of methoxy groups -OCH3 is 1. The molecule has 1 N–H and O–H groups in total. The van der Waals surface area contributed by atoms with E-state index in [0.29, 0.717) is 10.7 Å². The van der Waals surface area contributed by atoms with Gasteiger partial charge >= 0.3 is 0 Å². The van der Waals surface area contributed by atoms with Crippen molar-refractivity contribution in [3.63, 3.8) is 0 Å². The van der Waals surface area contributed by atoms with Gasteiger partial charge in [0, 0.05) is 17.4 Å². The molecule has 0 aliphatic rings. The van der Waals surface area contributed by atoms with E-state index in [4.69, 9.17) is 4.74 Å². The van der Waals surface area contributed by atoms with Crippen LogP contribution in [0.1, 0.15) is 19.8 Å². The molecule has 84 valence electrons. The molecule has 0 fully saturated rings. The summed E-state index contributed by atoms with van der Waals surface area (Å²) in [6, 6.07) is 5.71. The van der Waals surface area contributed by atoms with E-state index in [1.54, 1.807) is 7.11 Å². The lowest BCUT2D eigenvalue weighted by molar-refractivity contribution is 0.398. The summed E-state index contributed by atoms with van der Waals surface area (Å²) in [6.07, 6.45) is 2.24. The Hall–Kier alpha value is -0.770. The van der Waals surface area contributed by atoms with Crippen LogP contribution in [0.3, 0.4) is 0 Å². The van der Waals surface area contributed by atoms with Crippen LogP contribution >= 0.6 is 15.9 Å². The molecule has 3 nitrogen and oxygen atoms in total. The molecule has 0 aromatic carbocycles. The number of pyridine rings is 1. The second kappa shape index (κ2) is 6.67. The minimum atomic E-state index is 0.579. The minimum Gasteiger partial charge on any atom is -0.481 e. The third-order valence-electron chi connectivity index (χ3n) is 2.14. The van der Waals surface area contributed by atoms with Crippen molar-refractivity contribution in [1.82, 2.24) is 4.98 Å². The minimum absolute atomic E-state index is 0.579. The van der Waals surface area contributed by atoms with Gasteiger partial charge in [-0.1, -0.05) is 28.9 Å². The van der Waals surface area contributed by atoms with Crippen LogP contribution in [0.15, 0.2) is 18.2 Å². The third-order valence-corrected chi connectivity index (χ3v) is 3.24. The fourth-order valence-corrected chi connectivity index (χ4v) is 1.42. The molecule has 1 aromatic rings. The summed E-state index contributed by atoms with van der Waals surface area (Å²) in [6.45, 7) is 3.09. The molecular weight excluding hydrogens is 256 g/mol. The Morgan fingerprint density at radius 2 is 2.33 bits per heavy atom. The molecule has 4 heteroatoms. The molecule has 0 saturated heterocycles. The maximum atomic E-state index is 5.04. The molecule has 0 amide bonds. The topological polar surface area (TPSA) is 34.1 Å². The standard InChI is InChI=1S/C11H17BrN2O/c1-3-9(12)7-8-13-10-5-4-6-11(14-10)15-2/h4-6,9H,3,7-8H2,1-2H3,(H,13,14). The van der Waals surface area contributed by atoms with Crippen LogP contribution in [0, 0.1) is 0 Å². The van der Waals surface area contributed by atoms with Crippen molar-refractivity contribution in [2.45, 2.75) is 24.6 Å². The molecule has 0 spiro atoms. The van der Waals surface area contributed by atoms with Gasteiger partial charge in [-0.3, -0.25) is 0 Å². The van der Waals surface area contributed by atoms with Gasteiger partial charge in [-0.2, -0.15) is 4.98 Å². The summed E-state index contributed by atoms with van der Waals surface area (Å²) in [7, 11) is 1.62. The molecule has 15 heavy (non-hydrogen) atoms. The van der Waals surface area contributed by atoms with Crippen molar-refractivity contribution in [1.29, 1.82) is 0 Å².